The number of fused-ring (bicyclic) bond motifs is 1. The predicted molar refractivity (Wildman–Crippen MR) is 169 cm³/mol. The molecule has 2 aromatic carbocycles. The topological polar surface area (TPSA) is 115 Å². The zero-order valence-electron chi connectivity index (χ0n) is 25.1. The van der Waals surface area contributed by atoms with Gasteiger partial charge in [0.15, 0.2) is 0 Å². The Morgan fingerprint density at radius 3 is 2.40 bits per heavy atom. The number of ether oxygens (including phenoxy) is 2. The van der Waals surface area contributed by atoms with E-state index in [9.17, 15) is 9.59 Å². The van der Waals surface area contributed by atoms with Crippen molar-refractivity contribution in [1.82, 2.24) is 14.9 Å². The van der Waals surface area contributed by atoms with Gasteiger partial charge in [-0.2, -0.15) is 4.98 Å². The van der Waals surface area contributed by atoms with Crippen LogP contribution in [0.15, 0.2) is 55.3 Å². The van der Waals surface area contributed by atoms with Crippen molar-refractivity contribution < 1.29 is 19.1 Å². The van der Waals surface area contributed by atoms with Gasteiger partial charge < -0.3 is 25.0 Å². The maximum atomic E-state index is 13.4. The molecular formula is C31H38N8O4. The van der Waals surface area contributed by atoms with Crippen molar-refractivity contribution >= 4 is 46.5 Å². The van der Waals surface area contributed by atoms with E-state index in [1.807, 2.05) is 18.2 Å². The largest absolute Gasteiger partial charge is 0.497 e. The summed E-state index contributed by atoms with van der Waals surface area (Å²) in [4.78, 5) is 42.8. The first-order valence-corrected chi connectivity index (χ1v) is 14.3. The Balaban J connectivity index is 1.38. The minimum Gasteiger partial charge on any atom is -0.497 e. The fourth-order valence-corrected chi connectivity index (χ4v) is 5.31. The van der Waals surface area contributed by atoms with E-state index in [0.29, 0.717) is 40.3 Å². The van der Waals surface area contributed by atoms with Gasteiger partial charge >= 0.3 is 6.03 Å². The lowest BCUT2D eigenvalue weighted by Crippen LogP contribution is -2.46. The molecule has 1 fully saturated rings. The maximum Gasteiger partial charge on any atom is 0.330 e. The number of aromatic nitrogens is 2. The number of carbonyl (C=O) groups is 2. The Hall–Kier alpha value is -4.84. The first kappa shape index (κ1) is 29.6. The van der Waals surface area contributed by atoms with Gasteiger partial charge in [0.05, 0.1) is 37.8 Å². The molecule has 0 radical (unpaired) electrons. The van der Waals surface area contributed by atoms with Crippen LogP contribution in [-0.2, 0) is 11.3 Å². The number of carbonyl (C=O) groups excluding carboxylic acids is 2. The van der Waals surface area contributed by atoms with Crippen LogP contribution in [0.5, 0.6) is 11.5 Å². The smallest absolute Gasteiger partial charge is 0.330 e. The van der Waals surface area contributed by atoms with Gasteiger partial charge in [-0.25, -0.2) is 9.78 Å². The Kier molecular flexibility index (Phi) is 8.96. The molecule has 1 aromatic heterocycles. The summed E-state index contributed by atoms with van der Waals surface area (Å²) in [6.45, 7) is 11.0. The molecule has 12 nitrogen and oxygen atoms in total. The fraction of sp³-hybridized carbons (Fsp3) is 0.355. The van der Waals surface area contributed by atoms with Crippen LogP contribution in [0.4, 0.5) is 39.3 Å². The summed E-state index contributed by atoms with van der Waals surface area (Å²) < 4.78 is 10.8. The highest BCUT2D eigenvalue weighted by atomic mass is 16.5. The molecule has 3 aromatic rings. The molecule has 12 heteroatoms. The van der Waals surface area contributed by atoms with Gasteiger partial charge in [-0.15, -0.1) is 0 Å². The monoisotopic (exact) mass is 586 g/mol. The molecule has 43 heavy (non-hydrogen) atoms. The summed E-state index contributed by atoms with van der Waals surface area (Å²) in [5.74, 6) is 1.63. The van der Waals surface area contributed by atoms with E-state index in [-0.39, 0.29) is 18.5 Å². The number of piperazine rings is 1. The van der Waals surface area contributed by atoms with Crippen molar-refractivity contribution in [2.75, 3.05) is 79.3 Å². The summed E-state index contributed by atoms with van der Waals surface area (Å²) in [6.07, 6.45) is 4.08. The summed E-state index contributed by atoms with van der Waals surface area (Å²) in [7, 11) is 4.81. The molecular weight excluding hydrogens is 548 g/mol. The Morgan fingerprint density at radius 2 is 1.74 bits per heavy atom. The first-order valence-electron chi connectivity index (χ1n) is 14.3. The Labute approximate surface area is 251 Å². The molecule has 3 heterocycles. The number of rotatable bonds is 10. The number of amides is 3. The van der Waals surface area contributed by atoms with Crippen molar-refractivity contribution in [3.63, 3.8) is 0 Å². The molecule has 0 atom stereocenters. The van der Waals surface area contributed by atoms with Gasteiger partial charge in [0.1, 0.15) is 17.3 Å². The molecule has 2 N–H and O–H groups in total. The number of nitrogens with one attached hydrogen (secondary N) is 2. The highest BCUT2D eigenvalue weighted by Gasteiger charge is 2.31. The van der Waals surface area contributed by atoms with Gasteiger partial charge in [0.2, 0.25) is 11.9 Å². The fourth-order valence-electron chi connectivity index (χ4n) is 5.31. The number of anilines is 6. The number of hydrogen-bond donors (Lipinski definition) is 2. The van der Waals surface area contributed by atoms with E-state index in [4.69, 9.17) is 9.47 Å². The second kappa shape index (κ2) is 13.0. The van der Waals surface area contributed by atoms with Crippen molar-refractivity contribution in [2.24, 2.45) is 0 Å². The SMILES string of the molecule is C=CC(=O)Nc1cc(N2CCN(CCC)CC2)ccc1Nc1ncc2c(n1)N(C)C(=O)N(c1cc(OC)cc(OC)c1)C2. The maximum absolute atomic E-state index is 13.4. The highest BCUT2D eigenvalue weighted by Crippen LogP contribution is 2.35. The summed E-state index contributed by atoms with van der Waals surface area (Å²) in [5, 5.41) is 6.14. The molecule has 1 saturated heterocycles. The third kappa shape index (κ3) is 6.49. The second-order valence-electron chi connectivity index (χ2n) is 10.4. The standard InChI is InChI=1S/C31H38N8O4/c1-6-10-37-11-13-38(14-12-37)22-8-9-26(27(17-22)33-28(40)7-2)34-30-32-19-21-20-39(31(41)36(3)29(21)35-30)23-15-24(42-4)18-25(16-23)43-5/h7-9,15-19H,2,6,10-14,20H2,1,3-5H3,(H,33,40)(H,32,34,35). The molecule has 0 aliphatic carbocycles. The normalized spacial score (nSPS) is 15.2. The van der Waals surface area contributed by atoms with Gasteiger partial charge in [-0.3, -0.25) is 19.5 Å². The molecule has 2 aliphatic rings. The van der Waals surface area contributed by atoms with Crippen molar-refractivity contribution in [2.45, 2.75) is 19.9 Å². The molecule has 0 spiro atoms. The number of nitrogens with zero attached hydrogens (tertiary/aromatic N) is 6. The van der Waals surface area contributed by atoms with E-state index in [1.165, 1.54) is 11.0 Å². The molecule has 0 bridgehead atoms. The van der Waals surface area contributed by atoms with E-state index in [0.717, 1.165) is 50.4 Å². The summed E-state index contributed by atoms with van der Waals surface area (Å²) in [5.41, 5.74) is 3.63. The van der Waals surface area contributed by atoms with Gasteiger partial charge in [-0.05, 0) is 37.2 Å². The molecule has 3 amide bonds. The quantitative estimate of drug-likeness (QED) is 0.332. The minimum atomic E-state index is -0.320. The van der Waals surface area contributed by atoms with Gasteiger partial charge in [-0.1, -0.05) is 13.5 Å². The number of urea groups is 1. The summed E-state index contributed by atoms with van der Waals surface area (Å²) in [6, 6.07) is 10.9. The lowest BCUT2D eigenvalue weighted by Gasteiger charge is -2.36. The third-order valence-corrected chi connectivity index (χ3v) is 7.62. The number of methoxy groups -OCH3 is 2. The van der Waals surface area contributed by atoms with Crippen molar-refractivity contribution in [1.29, 1.82) is 0 Å². The molecule has 5 rings (SSSR count). The van der Waals surface area contributed by atoms with E-state index >= 15 is 0 Å². The molecule has 2 aliphatic heterocycles. The van der Waals surface area contributed by atoms with Crippen LogP contribution in [0.3, 0.4) is 0 Å². The lowest BCUT2D eigenvalue weighted by molar-refractivity contribution is -0.111. The van der Waals surface area contributed by atoms with Gasteiger partial charge in [0, 0.05) is 68.9 Å². The average molecular weight is 587 g/mol. The minimum absolute atomic E-state index is 0.255. The molecule has 0 saturated carbocycles. The Bertz CT molecular complexity index is 1480. The molecule has 226 valence electrons. The average Bonchev–Trinajstić information content (AvgIpc) is 3.03. The summed E-state index contributed by atoms with van der Waals surface area (Å²) >= 11 is 0. The van der Waals surface area contributed by atoms with Crippen LogP contribution >= 0.6 is 0 Å². The number of benzene rings is 2. The van der Waals surface area contributed by atoms with Crippen LogP contribution in [0.1, 0.15) is 18.9 Å². The van der Waals surface area contributed by atoms with Crippen LogP contribution in [0.25, 0.3) is 0 Å². The van der Waals surface area contributed by atoms with Crippen LogP contribution in [0, 0.1) is 0 Å². The van der Waals surface area contributed by atoms with Crippen molar-refractivity contribution in [3.8, 4) is 11.5 Å². The van der Waals surface area contributed by atoms with E-state index in [1.54, 1.807) is 50.6 Å². The zero-order chi connectivity index (χ0) is 30.5. The third-order valence-electron chi connectivity index (χ3n) is 7.62. The van der Waals surface area contributed by atoms with Crippen molar-refractivity contribution in [3.05, 3.63) is 60.8 Å². The second-order valence-corrected chi connectivity index (χ2v) is 10.4. The Morgan fingerprint density at radius 1 is 1.02 bits per heavy atom. The zero-order valence-corrected chi connectivity index (χ0v) is 25.1. The van der Waals surface area contributed by atoms with E-state index in [2.05, 4.69) is 43.9 Å². The highest BCUT2D eigenvalue weighted by molar-refractivity contribution is 6.05. The van der Waals surface area contributed by atoms with Crippen LogP contribution < -0.4 is 34.8 Å². The molecule has 0 unspecified atom stereocenters. The van der Waals surface area contributed by atoms with E-state index < -0.39 is 0 Å². The first-order chi connectivity index (χ1) is 20.8. The van der Waals surface area contributed by atoms with Gasteiger partial charge in [0.25, 0.3) is 0 Å². The number of hydrogen-bond acceptors (Lipinski definition) is 9. The predicted octanol–water partition coefficient (Wildman–Crippen LogP) is 4.47. The van der Waals surface area contributed by atoms with Crippen LogP contribution in [0.2, 0.25) is 0 Å². The lowest BCUT2D eigenvalue weighted by atomic mass is 10.2. The van der Waals surface area contributed by atoms with Crippen LogP contribution in [-0.4, -0.2) is 80.8 Å².